The van der Waals surface area contributed by atoms with Crippen LogP contribution in [0.15, 0.2) is 36.4 Å². The molecule has 0 saturated heterocycles. The topological polar surface area (TPSA) is 44.5 Å². The second kappa shape index (κ2) is 6.21. The average Bonchev–Trinajstić information content (AvgIpc) is 2.34. The Kier molecular flexibility index (Phi) is 4.58. The van der Waals surface area contributed by atoms with Gasteiger partial charge in [-0.2, -0.15) is 8.78 Å². The fourth-order valence-corrected chi connectivity index (χ4v) is 2.00. The van der Waals surface area contributed by atoms with Crippen molar-refractivity contribution in [1.82, 2.24) is 0 Å². The first-order valence-electron chi connectivity index (χ1n) is 5.43. The van der Waals surface area contributed by atoms with Crippen molar-refractivity contribution >= 4 is 28.3 Å². The van der Waals surface area contributed by atoms with Gasteiger partial charge in [0.25, 0.3) is 0 Å². The third-order valence-corrected chi connectivity index (χ3v) is 2.98. The Hall–Kier alpha value is -1.64. The molecule has 0 bridgehead atoms. The molecular weight excluding hydrogens is 386 g/mol. The molecule has 2 aromatic rings. The first kappa shape index (κ1) is 14.8. The van der Waals surface area contributed by atoms with E-state index in [-0.39, 0.29) is 11.4 Å². The van der Waals surface area contributed by atoms with E-state index in [0.717, 1.165) is 15.7 Å². The van der Waals surface area contributed by atoms with E-state index in [0.29, 0.717) is 5.75 Å². The van der Waals surface area contributed by atoms with Gasteiger partial charge < -0.3 is 15.2 Å². The van der Waals surface area contributed by atoms with Crippen molar-refractivity contribution in [1.29, 1.82) is 0 Å². The summed E-state index contributed by atoms with van der Waals surface area (Å²) < 4.78 is 48.1. The van der Waals surface area contributed by atoms with Crippen molar-refractivity contribution < 1.29 is 22.6 Å². The summed E-state index contributed by atoms with van der Waals surface area (Å²) in [7, 11) is 0. The van der Waals surface area contributed by atoms with Gasteiger partial charge in [0.2, 0.25) is 0 Å². The zero-order valence-electron chi connectivity index (χ0n) is 9.95. The minimum atomic E-state index is -3.13. The zero-order chi connectivity index (χ0) is 14.7. The van der Waals surface area contributed by atoms with Gasteiger partial charge in [0.05, 0.1) is 5.69 Å². The van der Waals surface area contributed by atoms with Crippen LogP contribution in [0.25, 0.3) is 0 Å². The summed E-state index contributed by atoms with van der Waals surface area (Å²) in [4.78, 5) is 0. The fourth-order valence-electron chi connectivity index (χ4n) is 1.48. The molecule has 3 nitrogen and oxygen atoms in total. The highest BCUT2D eigenvalue weighted by Gasteiger charge is 2.14. The molecule has 2 rings (SSSR count). The minimum Gasteiger partial charge on any atom is -0.455 e. The van der Waals surface area contributed by atoms with Crippen LogP contribution in [0.1, 0.15) is 0 Å². The van der Waals surface area contributed by atoms with Gasteiger partial charge in [0.1, 0.15) is 5.75 Å². The maximum absolute atomic E-state index is 13.4. The Balaban J connectivity index is 2.31. The highest BCUT2D eigenvalue weighted by Crippen LogP contribution is 2.34. The van der Waals surface area contributed by atoms with Crippen LogP contribution in [-0.4, -0.2) is 6.61 Å². The van der Waals surface area contributed by atoms with Crippen molar-refractivity contribution in [2.24, 2.45) is 0 Å². The molecule has 2 aromatic carbocycles. The lowest BCUT2D eigenvalue weighted by atomic mass is 10.2. The molecular formula is C13H9F3INO2. The average molecular weight is 395 g/mol. The Morgan fingerprint density at radius 3 is 2.50 bits per heavy atom. The second-order valence-corrected chi connectivity index (χ2v) is 5.00. The predicted octanol–water partition coefficient (Wildman–Crippen LogP) is 4.41. The van der Waals surface area contributed by atoms with Crippen molar-refractivity contribution in [2.45, 2.75) is 6.61 Å². The van der Waals surface area contributed by atoms with Crippen molar-refractivity contribution in [3.05, 3.63) is 45.8 Å². The lowest BCUT2D eigenvalue weighted by molar-refractivity contribution is -0.0522. The van der Waals surface area contributed by atoms with Crippen LogP contribution in [-0.2, 0) is 0 Å². The normalized spacial score (nSPS) is 10.7. The van der Waals surface area contributed by atoms with Crippen LogP contribution in [0.4, 0.5) is 18.9 Å². The molecule has 0 aromatic heterocycles. The van der Waals surface area contributed by atoms with E-state index < -0.39 is 18.2 Å². The quantitative estimate of drug-likeness (QED) is 0.617. The first-order chi connectivity index (χ1) is 9.45. The van der Waals surface area contributed by atoms with E-state index in [2.05, 4.69) is 27.3 Å². The number of hydrogen-bond acceptors (Lipinski definition) is 3. The molecule has 0 radical (unpaired) electrons. The fraction of sp³-hybridized carbons (Fsp3) is 0.0769. The number of halogens is 4. The first-order valence-corrected chi connectivity index (χ1v) is 6.51. The Labute approximate surface area is 126 Å². The van der Waals surface area contributed by atoms with Crippen LogP contribution < -0.4 is 15.2 Å². The zero-order valence-corrected chi connectivity index (χ0v) is 12.1. The highest BCUT2D eigenvalue weighted by molar-refractivity contribution is 14.1. The summed E-state index contributed by atoms with van der Waals surface area (Å²) in [6.07, 6.45) is 0. The molecule has 20 heavy (non-hydrogen) atoms. The maximum Gasteiger partial charge on any atom is 0.387 e. The number of ether oxygens (including phenoxy) is 2. The maximum atomic E-state index is 13.4. The van der Waals surface area contributed by atoms with Gasteiger partial charge in [0.15, 0.2) is 17.3 Å². The van der Waals surface area contributed by atoms with Gasteiger partial charge in [-0.25, -0.2) is 4.39 Å². The van der Waals surface area contributed by atoms with Gasteiger partial charge in [-0.15, -0.1) is 0 Å². The molecule has 2 N–H and O–H groups in total. The van der Waals surface area contributed by atoms with E-state index in [1.165, 1.54) is 0 Å². The van der Waals surface area contributed by atoms with E-state index in [1.807, 2.05) is 6.07 Å². The summed E-state index contributed by atoms with van der Waals surface area (Å²) >= 11 is 2.09. The smallest absolute Gasteiger partial charge is 0.387 e. The van der Waals surface area contributed by atoms with E-state index in [1.54, 1.807) is 18.2 Å². The van der Waals surface area contributed by atoms with Crippen LogP contribution in [0.3, 0.4) is 0 Å². The largest absolute Gasteiger partial charge is 0.455 e. The van der Waals surface area contributed by atoms with E-state index >= 15 is 0 Å². The standard InChI is InChI=1S/C13H9F3INO2/c14-9-5-10(18)12(6-11(9)20-13(15)16)19-8-3-1-2-7(17)4-8/h1-6,13H,18H2. The lowest BCUT2D eigenvalue weighted by Gasteiger charge is -2.12. The molecule has 0 saturated carbocycles. The lowest BCUT2D eigenvalue weighted by Crippen LogP contribution is -2.05. The second-order valence-electron chi connectivity index (χ2n) is 3.76. The van der Waals surface area contributed by atoms with Gasteiger partial charge in [-0.3, -0.25) is 0 Å². The molecule has 7 heteroatoms. The van der Waals surface area contributed by atoms with Crippen molar-refractivity contribution in [3.63, 3.8) is 0 Å². The van der Waals surface area contributed by atoms with E-state index in [4.69, 9.17) is 10.5 Å². The van der Waals surface area contributed by atoms with Crippen molar-refractivity contribution in [2.75, 3.05) is 5.73 Å². The molecule has 0 aliphatic heterocycles. The molecule has 0 aliphatic carbocycles. The number of rotatable bonds is 4. The summed E-state index contributed by atoms with van der Waals surface area (Å²) in [5, 5.41) is 0. The predicted molar refractivity (Wildman–Crippen MR) is 76.7 cm³/mol. The number of hydrogen-bond donors (Lipinski definition) is 1. The van der Waals surface area contributed by atoms with E-state index in [9.17, 15) is 13.2 Å². The number of anilines is 1. The summed E-state index contributed by atoms with van der Waals surface area (Å²) in [5.74, 6) is -1.09. The molecule has 0 aliphatic rings. The molecule has 0 amide bonds. The Morgan fingerprint density at radius 1 is 1.10 bits per heavy atom. The third kappa shape index (κ3) is 3.69. The van der Waals surface area contributed by atoms with Crippen LogP contribution in [0.5, 0.6) is 17.2 Å². The monoisotopic (exact) mass is 395 g/mol. The molecule has 0 spiro atoms. The van der Waals surface area contributed by atoms with Crippen LogP contribution >= 0.6 is 22.6 Å². The molecule has 0 atom stereocenters. The highest BCUT2D eigenvalue weighted by atomic mass is 127. The van der Waals surface area contributed by atoms with Crippen molar-refractivity contribution in [3.8, 4) is 17.2 Å². The summed E-state index contributed by atoms with van der Waals surface area (Å²) in [6, 6.07) is 8.87. The number of alkyl halides is 2. The van der Waals surface area contributed by atoms with Crippen LogP contribution in [0, 0.1) is 9.39 Å². The molecule has 0 unspecified atom stereocenters. The van der Waals surface area contributed by atoms with Crippen LogP contribution in [0.2, 0.25) is 0 Å². The van der Waals surface area contributed by atoms with Gasteiger partial charge in [-0.05, 0) is 40.8 Å². The minimum absolute atomic E-state index is 0.0111. The van der Waals surface area contributed by atoms with Gasteiger partial charge in [0, 0.05) is 15.7 Å². The molecule has 0 heterocycles. The molecule has 106 valence electrons. The summed E-state index contributed by atoms with van der Waals surface area (Å²) in [5.41, 5.74) is 5.59. The van der Waals surface area contributed by atoms with Gasteiger partial charge >= 0.3 is 6.61 Å². The number of nitrogen functional groups attached to an aromatic ring is 1. The third-order valence-electron chi connectivity index (χ3n) is 2.30. The Bertz CT molecular complexity index is 623. The summed E-state index contributed by atoms with van der Waals surface area (Å²) in [6.45, 7) is -3.13. The Morgan fingerprint density at radius 2 is 1.85 bits per heavy atom. The number of nitrogens with two attached hydrogens (primary N) is 1. The number of benzene rings is 2. The molecule has 0 fully saturated rings. The SMILES string of the molecule is Nc1cc(F)c(OC(F)F)cc1Oc1cccc(I)c1. The van der Waals surface area contributed by atoms with Gasteiger partial charge in [-0.1, -0.05) is 6.07 Å².